The molecule has 114 valence electrons. The van der Waals surface area contributed by atoms with Gasteiger partial charge in [-0.05, 0) is 24.3 Å². The van der Waals surface area contributed by atoms with Crippen molar-refractivity contribution in [3.05, 3.63) is 35.9 Å². The van der Waals surface area contributed by atoms with E-state index in [1.165, 1.54) is 0 Å². The molecule has 0 aliphatic heterocycles. The predicted molar refractivity (Wildman–Crippen MR) is 77.6 cm³/mol. The van der Waals surface area contributed by atoms with Crippen molar-refractivity contribution in [2.24, 2.45) is 11.3 Å². The van der Waals surface area contributed by atoms with E-state index in [9.17, 15) is 9.59 Å². The number of hydrogen-bond acceptors (Lipinski definition) is 3. The first-order valence-corrected chi connectivity index (χ1v) is 7.18. The van der Waals surface area contributed by atoms with Crippen LogP contribution in [-0.2, 0) is 20.9 Å². The first-order valence-electron chi connectivity index (χ1n) is 7.18. The molecule has 5 heteroatoms. The van der Waals surface area contributed by atoms with Crippen LogP contribution in [0, 0.1) is 11.3 Å². The number of carboxylic acid groups (broad SMARTS) is 1. The maximum absolute atomic E-state index is 11.8. The maximum atomic E-state index is 11.8. The number of benzene rings is 1. The molecule has 0 aromatic heterocycles. The summed E-state index contributed by atoms with van der Waals surface area (Å²) in [4.78, 5) is 22.8. The minimum absolute atomic E-state index is 0.141. The Kier molecular flexibility index (Phi) is 4.96. The van der Waals surface area contributed by atoms with Gasteiger partial charge in [0, 0.05) is 6.54 Å². The topological polar surface area (TPSA) is 75.6 Å². The summed E-state index contributed by atoms with van der Waals surface area (Å²) < 4.78 is 5.59. The third-order valence-corrected chi connectivity index (χ3v) is 3.72. The lowest BCUT2D eigenvalue weighted by Gasteiger charge is -2.15. The number of ether oxygens (including phenoxy) is 1. The molecule has 1 aromatic rings. The number of amides is 1. The predicted octanol–water partition coefficient (Wildman–Crippen LogP) is 1.82. The van der Waals surface area contributed by atoms with Gasteiger partial charge in [0.15, 0.2) is 0 Å². The number of carbonyl (C=O) groups excluding carboxylic acids is 1. The van der Waals surface area contributed by atoms with E-state index in [2.05, 4.69) is 5.32 Å². The molecular weight excluding hydrogens is 270 g/mol. The number of nitrogens with one attached hydrogen (secondary N) is 1. The van der Waals surface area contributed by atoms with Crippen molar-refractivity contribution >= 4 is 11.9 Å². The Morgan fingerprint density at radius 3 is 2.57 bits per heavy atom. The second-order valence-corrected chi connectivity index (χ2v) is 5.70. The summed E-state index contributed by atoms with van der Waals surface area (Å²) in [6.45, 7) is 3.46. The Bertz CT molecular complexity index is 496. The standard InChI is InChI=1S/C16H21NO4/c1-12(10-21-11-13-5-3-2-4-6-13)9-17-14(18)16(7-8-16)15(19)20/h2-6,12H,7-11H2,1H3,(H,17,18)(H,19,20). The molecule has 1 aliphatic rings. The number of carboxylic acids is 1. The van der Waals surface area contributed by atoms with Gasteiger partial charge in [-0.25, -0.2) is 0 Å². The van der Waals surface area contributed by atoms with Crippen LogP contribution in [0.3, 0.4) is 0 Å². The van der Waals surface area contributed by atoms with E-state index in [0.717, 1.165) is 5.56 Å². The monoisotopic (exact) mass is 291 g/mol. The normalized spacial score (nSPS) is 17.0. The van der Waals surface area contributed by atoms with Crippen molar-refractivity contribution < 1.29 is 19.4 Å². The lowest BCUT2D eigenvalue weighted by molar-refractivity contribution is -0.149. The molecule has 21 heavy (non-hydrogen) atoms. The summed E-state index contributed by atoms with van der Waals surface area (Å²) >= 11 is 0. The van der Waals surface area contributed by atoms with E-state index in [4.69, 9.17) is 9.84 Å². The summed E-state index contributed by atoms with van der Waals surface area (Å²) in [6.07, 6.45) is 0.875. The van der Waals surface area contributed by atoms with E-state index in [0.29, 0.717) is 32.6 Å². The minimum atomic E-state index is -1.16. The van der Waals surface area contributed by atoms with Gasteiger partial charge in [-0.15, -0.1) is 0 Å². The van der Waals surface area contributed by atoms with Gasteiger partial charge < -0.3 is 15.2 Å². The number of aliphatic carboxylic acids is 1. The van der Waals surface area contributed by atoms with Crippen molar-refractivity contribution in [1.29, 1.82) is 0 Å². The smallest absolute Gasteiger partial charge is 0.319 e. The van der Waals surface area contributed by atoms with Crippen LogP contribution >= 0.6 is 0 Å². The van der Waals surface area contributed by atoms with Crippen LogP contribution < -0.4 is 5.32 Å². The van der Waals surface area contributed by atoms with Gasteiger partial charge in [-0.1, -0.05) is 37.3 Å². The number of hydrogen-bond donors (Lipinski definition) is 2. The summed E-state index contributed by atoms with van der Waals surface area (Å²) in [5, 5.41) is 11.7. The van der Waals surface area contributed by atoms with Crippen molar-refractivity contribution in [2.75, 3.05) is 13.2 Å². The van der Waals surface area contributed by atoms with Crippen LogP contribution in [-0.4, -0.2) is 30.1 Å². The molecule has 0 radical (unpaired) electrons. The van der Waals surface area contributed by atoms with Gasteiger partial charge in [0.05, 0.1) is 13.2 Å². The zero-order valence-corrected chi connectivity index (χ0v) is 12.2. The molecule has 1 unspecified atom stereocenters. The molecule has 1 aromatic carbocycles. The highest BCUT2D eigenvalue weighted by molar-refractivity contribution is 6.04. The molecule has 0 heterocycles. The molecular formula is C16H21NO4. The average Bonchev–Trinajstić information content (AvgIpc) is 3.27. The fraction of sp³-hybridized carbons (Fsp3) is 0.500. The molecule has 2 N–H and O–H groups in total. The Hall–Kier alpha value is -1.88. The van der Waals surface area contributed by atoms with Crippen molar-refractivity contribution in [3.8, 4) is 0 Å². The van der Waals surface area contributed by atoms with Gasteiger partial charge >= 0.3 is 5.97 Å². The molecule has 0 saturated heterocycles. The van der Waals surface area contributed by atoms with Crippen LogP contribution in [0.25, 0.3) is 0 Å². The molecule has 1 aliphatic carbocycles. The Balaban J connectivity index is 1.65. The highest BCUT2D eigenvalue weighted by Gasteiger charge is 2.56. The van der Waals surface area contributed by atoms with E-state index in [-0.39, 0.29) is 11.8 Å². The van der Waals surface area contributed by atoms with Gasteiger partial charge in [0.25, 0.3) is 0 Å². The molecule has 0 bridgehead atoms. The van der Waals surface area contributed by atoms with Crippen molar-refractivity contribution in [2.45, 2.75) is 26.4 Å². The first-order chi connectivity index (χ1) is 10.0. The van der Waals surface area contributed by atoms with Crippen LogP contribution in [0.4, 0.5) is 0 Å². The first kappa shape index (κ1) is 15.5. The Labute approximate surface area is 124 Å². The lowest BCUT2D eigenvalue weighted by Crippen LogP contribution is -2.39. The molecule has 0 spiro atoms. The average molecular weight is 291 g/mol. The number of rotatable bonds is 8. The third kappa shape index (κ3) is 4.04. The lowest BCUT2D eigenvalue weighted by atomic mass is 10.1. The summed E-state index contributed by atoms with van der Waals surface area (Å²) in [5.74, 6) is -1.25. The fourth-order valence-electron chi connectivity index (χ4n) is 2.11. The minimum Gasteiger partial charge on any atom is -0.480 e. The zero-order chi connectivity index (χ0) is 15.3. The largest absolute Gasteiger partial charge is 0.480 e. The van der Waals surface area contributed by atoms with Crippen molar-refractivity contribution in [3.63, 3.8) is 0 Å². The SMILES string of the molecule is CC(CNC(=O)C1(C(=O)O)CC1)COCc1ccccc1. The van der Waals surface area contributed by atoms with Crippen molar-refractivity contribution in [1.82, 2.24) is 5.32 Å². The van der Waals surface area contributed by atoms with Crippen LogP contribution in [0.15, 0.2) is 30.3 Å². The zero-order valence-electron chi connectivity index (χ0n) is 12.2. The molecule has 1 saturated carbocycles. The maximum Gasteiger partial charge on any atom is 0.319 e. The highest BCUT2D eigenvalue weighted by atomic mass is 16.5. The molecule has 5 nitrogen and oxygen atoms in total. The van der Waals surface area contributed by atoms with Gasteiger partial charge in [0.1, 0.15) is 5.41 Å². The Morgan fingerprint density at radius 2 is 2.00 bits per heavy atom. The fourth-order valence-corrected chi connectivity index (χ4v) is 2.11. The van der Waals surface area contributed by atoms with Crippen LogP contribution in [0.5, 0.6) is 0 Å². The summed E-state index contributed by atoms with van der Waals surface area (Å²) in [6, 6.07) is 9.87. The molecule has 1 fully saturated rings. The van der Waals surface area contributed by atoms with E-state index < -0.39 is 11.4 Å². The molecule has 1 amide bonds. The molecule has 2 rings (SSSR count). The number of carbonyl (C=O) groups is 2. The van der Waals surface area contributed by atoms with Gasteiger partial charge in [0.2, 0.25) is 5.91 Å². The highest BCUT2D eigenvalue weighted by Crippen LogP contribution is 2.46. The summed E-state index contributed by atoms with van der Waals surface area (Å²) in [7, 11) is 0. The third-order valence-electron chi connectivity index (χ3n) is 3.72. The van der Waals surface area contributed by atoms with E-state index in [1.807, 2.05) is 37.3 Å². The van der Waals surface area contributed by atoms with E-state index >= 15 is 0 Å². The quantitative estimate of drug-likeness (QED) is 0.716. The second-order valence-electron chi connectivity index (χ2n) is 5.70. The van der Waals surface area contributed by atoms with Crippen LogP contribution in [0.1, 0.15) is 25.3 Å². The second kappa shape index (κ2) is 6.72. The molecule has 1 atom stereocenters. The van der Waals surface area contributed by atoms with Crippen LogP contribution in [0.2, 0.25) is 0 Å². The van der Waals surface area contributed by atoms with Gasteiger partial charge in [-0.2, -0.15) is 0 Å². The van der Waals surface area contributed by atoms with Gasteiger partial charge in [-0.3, -0.25) is 9.59 Å². The summed E-state index contributed by atoms with van der Waals surface area (Å²) in [5.41, 5.74) is -0.0542. The van der Waals surface area contributed by atoms with E-state index in [1.54, 1.807) is 0 Å². The Morgan fingerprint density at radius 1 is 1.33 bits per heavy atom.